The molecule has 2 N–H and O–H groups in total. The molecule has 0 spiro atoms. The first kappa shape index (κ1) is 26.7. The van der Waals surface area contributed by atoms with Crippen molar-refractivity contribution >= 4 is 28.9 Å². The van der Waals surface area contributed by atoms with E-state index in [-0.39, 0.29) is 24.3 Å². The smallest absolute Gasteiger partial charge is 0.410 e. The molecule has 2 fully saturated rings. The first-order valence-electron chi connectivity index (χ1n) is 13.5. The zero-order valence-corrected chi connectivity index (χ0v) is 22.7. The topological polar surface area (TPSA) is 114 Å². The van der Waals surface area contributed by atoms with Crippen molar-refractivity contribution in [2.45, 2.75) is 51.4 Å². The van der Waals surface area contributed by atoms with Crippen LogP contribution in [0.2, 0.25) is 0 Å². The molecule has 5 rings (SSSR count). The molecule has 0 radical (unpaired) electrons. The highest BCUT2D eigenvalue weighted by atomic mass is 16.6. The third kappa shape index (κ3) is 6.06. The van der Waals surface area contributed by atoms with Crippen LogP contribution in [-0.2, 0) is 11.3 Å². The molecule has 10 nitrogen and oxygen atoms in total. The molecule has 2 aliphatic heterocycles. The largest absolute Gasteiger partial charge is 0.497 e. The fourth-order valence-corrected chi connectivity index (χ4v) is 5.37. The van der Waals surface area contributed by atoms with Gasteiger partial charge < -0.3 is 25.0 Å². The van der Waals surface area contributed by atoms with Crippen molar-refractivity contribution in [3.05, 3.63) is 59.8 Å². The Kier molecular flexibility index (Phi) is 7.83. The molecule has 0 unspecified atom stereocenters. The third-order valence-electron chi connectivity index (χ3n) is 7.70. The van der Waals surface area contributed by atoms with Gasteiger partial charge in [0, 0.05) is 56.4 Å². The minimum Gasteiger partial charge on any atom is -0.497 e. The van der Waals surface area contributed by atoms with Crippen LogP contribution in [0.1, 0.15) is 42.6 Å². The maximum absolute atomic E-state index is 13.2. The molecular formula is C29H36N6O4. The lowest BCUT2D eigenvalue weighted by atomic mass is 10.1. The zero-order valence-electron chi connectivity index (χ0n) is 22.7. The van der Waals surface area contributed by atoms with E-state index in [0.717, 1.165) is 60.6 Å². The molecule has 206 valence electrons. The van der Waals surface area contributed by atoms with Crippen molar-refractivity contribution in [3.8, 4) is 5.75 Å². The molecule has 0 bridgehead atoms. The summed E-state index contributed by atoms with van der Waals surface area (Å²) in [7, 11) is 1.63. The monoisotopic (exact) mass is 532 g/mol. The molecule has 3 heterocycles. The molecular weight excluding hydrogens is 496 g/mol. The molecule has 39 heavy (non-hydrogen) atoms. The highest BCUT2D eigenvalue weighted by Gasteiger charge is 2.35. The minimum atomic E-state index is -0.418. The van der Waals surface area contributed by atoms with E-state index in [1.807, 2.05) is 42.2 Å². The first-order chi connectivity index (χ1) is 18.8. The molecule has 2 atom stereocenters. The lowest BCUT2D eigenvalue weighted by molar-refractivity contribution is 0.0166. The average molecular weight is 533 g/mol. The van der Waals surface area contributed by atoms with Crippen LogP contribution in [-0.4, -0.2) is 83.2 Å². The van der Waals surface area contributed by atoms with Crippen molar-refractivity contribution in [2.75, 3.05) is 38.2 Å². The van der Waals surface area contributed by atoms with Crippen LogP contribution in [0, 0.1) is 0 Å². The number of nitrogens with zero attached hydrogens (tertiary/aromatic N) is 5. The van der Waals surface area contributed by atoms with E-state index < -0.39 is 5.91 Å². The second-order valence-corrected chi connectivity index (χ2v) is 10.5. The van der Waals surface area contributed by atoms with E-state index in [1.54, 1.807) is 25.4 Å². The van der Waals surface area contributed by atoms with Gasteiger partial charge in [0.05, 0.1) is 24.3 Å². The predicted molar refractivity (Wildman–Crippen MR) is 149 cm³/mol. The predicted octanol–water partition coefficient (Wildman–Crippen LogP) is 3.44. The number of carbonyl (C=O) groups is 2. The van der Waals surface area contributed by atoms with Gasteiger partial charge in [-0.25, -0.2) is 9.78 Å². The molecule has 10 heteroatoms. The van der Waals surface area contributed by atoms with Gasteiger partial charge in [0.1, 0.15) is 17.7 Å². The number of hydrogen-bond donors (Lipinski definition) is 1. The van der Waals surface area contributed by atoms with Crippen molar-refractivity contribution in [3.63, 3.8) is 0 Å². The highest BCUT2D eigenvalue weighted by Crippen LogP contribution is 2.26. The molecule has 0 saturated carbocycles. The molecule has 2 aromatic carbocycles. The normalized spacial score (nSPS) is 20.7. The van der Waals surface area contributed by atoms with Crippen molar-refractivity contribution in [1.82, 2.24) is 19.8 Å². The summed E-state index contributed by atoms with van der Waals surface area (Å²) in [5.74, 6) is 1.13. The van der Waals surface area contributed by atoms with E-state index in [4.69, 9.17) is 20.2 Å². The Morgan fingerprint density at radius 2 is 1.74 bits per heavy atom. The Bertz CT molecular complexity index is 1330. The third-order valence-corrected chi connectivity index (χ3v) is 7.70. The summed E-state index contributed by atoms with van der Waals surface area (Å²) in [5.41, 5.74) is 8.57. The number of primary amides is 1. The Balaban J connectivity index is 1.13. The number of piperazine rings is 1. The van der Waals surface area contributed by atoms with E-state index in [1.165, 1.54) is 0 Å². The van der Waals surface area contributed by atoms with Gasteiger partial charge >= 0.3 is 6.09 Å². The summed E-state index contributed by atoms with van der Waals surface area (Å²) in [4.78, 5) is 40.2. The van der Waals surface area contributed by atoms with Gasteiger partial charge in [-0.3, -0.25) is 14.7 Å². The lowest BCUT2D eigenvalue weighted by Gasteiger charge is -2.44. The van der Waals surface area contributed by atoms with E-state index in [0.29, 0.717) is 18.7 Å². The summed E-state index contributed by atoms with van der Waals surface area (Å²) in [6.45, 7) is 7.85. The standard InChI is InChI=1S/C29H36N6O4/c1-19-17-35(20(2)16-34(19)27-15-31-26-14-24(38-3)8-9-25(26)32-27)29(37)39-23-10-12-33(13-11-23)18-21-4-6-22(7-5-21)28(30)36/h4-9,14-15,19-20,23H,10-13,16-18H2,1-3H3,(H2,30,36)/t19-,20+/m0/s1. The Hall–Kier alpha value is -3.92. The van der Waals surface area contributed by atoms with Crippen LogP contribution in [0.4, 0.5) is 10.6 Å². The molecule has 2 aliphatic rings. The number of rotatable bonds is 6. The van der Waals surface area contributed by atoms with Gasteiger partial charge in [0.2, 0.25) is 5.91 Å². The second-order valence-electron chi connectivity index (χ2n) is 10.5. The summed E-state index contributed by atoms with van der Waals surface area (Å²) < 4.78 is 11.2. The van der Waals surface area contributed by atoms with Gasteiger partial charge in [-0.2, -0.15) is 0 Å². The first-order valence-corrected chi connectivity index (χ1v) is 13.5. The van der Waals surface area contributed by atoms with E-state index in [9.17, 15) is 9.59 Å². The lowest BCUT2D eigenvalue weighted by Crippen LogP contribution is -2.59. The number of fused-ring (bicyclic) bond motifs is 1. The summed E-state index contributed by atoms with van der Waals surface area (Å²) >= 11 is 0. The number of amides is 2. The van der Waals surface area contributed by atoms with Crippen LogP contribution in [0.3, 0.4) is 0 Å². The van der Waals surface area contributed by atoms with E-state index in [2.05, 4.69) is 21.7 Å². The Morgan fingerprint density at radius 3 is 2.44 bits per heavy atom. The number of nitrogens with two attached hydrogens (primary N) is 1. The number of carbonyl (C=O) groups excluding carboxylic acids is 2. The number of aromatic nitrogens is 2. The van der Waals surface area contributed by atoms with Gasteiger partial charge in [-0.05, 0) is 56.5 Å². The van der Waals surface area contributed by atoms with Crippen molar-refractivity contribution in [2.24, 2.45) is 5.73 Å². The van der Waals surface area contributed by atoms with Crippen LogP contribution in [0.5, 0.6) is 5.75 Å². The number of likely N-dealkylation sites (tertiary alicyclic amines) is 1. The van der Waals surface area contributed by atoms with Crippen molar-refractivity contribution in [1.29, 1.82) is 0 Å². The maximum Gasteiger partial charge on any atom is 0.410 e. The molecule has 3 aromatic rings. The Labute approximate surface area is 228 Å². The van der Waals surface area contributed by atoms with Gasteiger partial charge in [0.15, 0.2) is 0 Å². The summed E-state index contributed by atoms with van der Waals surface area (Å²) in [6, 6.07) is 13.1. The molecule has 2 saturated heterocycles. The fourth-order valence-electron chi connectivity index (χ4n) is 5.37. The zero-order chi connectivity index (χ0) is 27.5. The maximum atomic E-state index is 13.2. The number of piperidine rings is 1. The molecule has 2 amide bonds. The van der Waals surface area contributed by atoms with Crippen LogP contribution >= 0.6 is 0 Å². The quantitative estimate of drug-likeness (QED) is 0.514. The summed E-state index contributed by atoms with van der Waals surface area (Å²) in [5, 5.41) is 0. The Morgan fingerprint density at radius 1 is 1.00 bits per heavy atom. The molecule has 0 aliphatic carbocycles. The molecule has 1 aromatic heterocycles. The average Bonchev–Trinajstić information content (AvgIpc) is 2.94. The number of anilines is 1. The number of benzene rings is 2. The van der Waals surface area contributed by atoms with Crippen LogP contribution in [0.25, 0.3) is 11.0 Å². The van der Waals surface area contributed by atoms with Gasteiger partial charge in [-0.15, -0.1) is 0 Å². The SMILES string of the molecule is COc1ccc2nc(N3C[C@@H](C)N(C(=O)OC4CCN(Cc5ccc(C(N)=O)cc5)CC4)C[C@@H]3C)cnc2c1. The van der Waals surface area contributed by atoms with Crippen LogP contribution in [0.15, 0.2) is 48.7 Å². The highest BCUT2D eigenvalue weighted by molar-refractivity contribution is 5.92. The van der Waals surface area contributed by atoms with Gasteiger partial charge in [-0.1, -0.05) is 12.1 Å². The number of hydrogen-bond acceptors (Lipinski definition) is 8. The summed E-state index contributed by atoms with van der Waals surface area (Å²) in [6.07, 6.45) is 3.05. The van der Waals surface area contributed by atoms with Crippen LogP contribution < -0.4 is 15.4 Å². The second kappa shape index (κ2) is 11.4. The minimum absolute atomic E-state index is 0.0227. The number of methoxy groups -OCH3 is 1. The van der Waals surface area contributed by atoms with E-state index >= 15 is 0 Å². The number of ether oxygens (including phenoxy) is 2. The van der Waals surface area contributed by atoms with Crippen molar-refractivity contribution < 1.29 is 19.1 Å². The van der Waals surface area contributed by atoms with Gasteiger partial charge in [0.25, 0.3) is 0 Å². The fraction of sp³-hybridized carbons (Fsp3) is 0.448.